The van der Waals surface area contributed by atoms with E-state index in [0.717, 1.165) is 0 Å². The number of ether oxygens (including phenoxy) is 1. The van der Waals surface area contributed by atoms with Crippen molar-refractivity contribution in [3.05, 3.63) is 29.8 Å². The first kappa shape index (κ1) is 14.6. The lowest BCUT2D eigenvalue weighted by atomic mass is 10.2. The number of carbonyl (C=O) groups is 2. The largest absolute Gasteiger partial charge is 0.469 e. The molecule has 0 aliphatic rings. The van der Waals surface area contributed by atoms with Gasteiger partial charge in [0.1, 0.15) is 0 Å². The maximum absolute atomic E-state index is 11.6. The van der Waals surface area contributed by atoms with Crippen molar-refractivity contribution in [2.24, 2.45) is 5.92 Å². The van der Waals surface area contributed by atoms with Crippen molar-refractivity contribution in [3.8, 4) is 12.3 Å². The molecular formula is C14H16N2O3. The van der Waals surface area contributed by atoms with Gasteiger partial charge < -0.3 is 15.4 Å². The Kier molecular flexibility index (Phi) is 5.42. The third-order valence-electron chi connectivity index (χ3n) is 2.46. The molecule has 0 heterocycles. The molecule has 1 aromatic rings. The van der Waals surface area contributed by atoms with Crippen LogP contribution < -0.4 is 10.6 Å². The minimum atomic E-state index is -0.398. The predicted octanol–water partition coefficient (Wildman–Crippen LogP) is 1.60. The van der Waals surface area contributed by atoms with Crippen LogP contribution in [0.4, 0.5) is 10.5 Å². The number of urea groups is 1. The van der Waals surface area contributed by atoms with Crippen molar-refractivity contribution in [1.82, 2.24) is 5.32 Å². The lowest BCUT2D eigenvalue weighted by Crippen LogP contribution is -2.35. The van der Waals surface area contributed by atoms with Crippen LogP contribution in [0.3, 0.4) is 0 Å². The van der Waals surface area contributed by atoms with Crippen LogP contribution in [-0.4, -0.2) is 25.7 Å². The van der Waals surface area contributed by atoms with Crippen molar-refractivity contribution in [3.63, 3.8) is 0 Å². The van der Waals surface area contributed by atoms with Crippen molar-refractivity contribution in [2.75, 3.05) is 19.0 Å². The Balaban J connectivity index is 2.47. The standard InChI is InChI=1S/C14H16N2O3/c1-4-11-6-5-7-12(8-11)16-14(18)15-9-10(2)13(17)19-3/h1,5-8,10H,9H2,2-3H3,(H2,15,16,18). The lowest BCUT2D eigenvalue weighted by molar-refractivity contribution is -0.144. The highest BCUT2D eigenvalue weighted by Gasteiger charge is 2.13. The molecule has 5 nitrogen and oxygen atoms in total. The number of hydrogen-bond donors (Lipinski definition) is 2. The first-order valence-corrected chi connectivity index (χ1v) is 5.76. The molecule has 2 N–H and O–H groups in total. The Morgan fingerprint density at radius 1 is 1.47 bits per heavy atom. The zero-order chi connectivity index (χ0) is 14.3. The number of rotatable bonds is 4. The molecule has 0 aliphatic carbocycles. The van der Waals surface area contributed by atoms with E-state index in [1.807, 2.05) is 0 Å². The van der Waals surface area contributed by atoms with Gasteiger partial charge in [-0.25, -0.2) is 4.79 Å². The molecule has 0 aliphatic heterocycles. The van der Waals surface area contributed by atoms with Crippen molar-refractivity contribution in [1.29, 1.82) is 0 Å². The van der Waals surface area contributed by atoms with Crippen LogP contribution in [0.2, 0.25) is 0 Å². The first-order valence-electron chi connectivity index (χ1n) is 5.76. The summed E-state index contributed by atoms with van der Waals surface area (Å²) >= 11 is 0. The summed E-state index contributed by atoms with van der Waals surface area (Å²) in [6.07, 6.45) is 5.27. The molecule has 5 heteroatoms. The number of methoxy groups -OCH3 is 1. The van der Waals surface area contributed by atoms with E-state index >= 15 is 0 Å². The Morgan fingerprint density at radius 3 is 2.84 bits per heavy atom. The predicted molar refractivity (Wildman–Crippen MR) is 72.6 cm³/mol. The Bertz CT molecular complexity index is 506. The van der Waals surface area contributed by atoms with Gasteiger partial charge in [0.05, 0.1) is 13.0 Å². The molecule has 1 atom stereocenters. The van der Waals surface area contributed by atoms with Gasteiger partial charge >= 0.3 is 12.0 Å². The van der Waals surface area contributed by atoms with E-state index in [2.05, 4.69) is 21.3 Å². The van der Waals surface area contributed by atoms with E-state index in [4.69, 9.17) is 6.42 Å². The van der Waals surface area contributed by atoms with Crippen LogP contribution in [0.25, 0.3) is 0 Å². The summed E-state index contributed by atoms with van der Waals surface area (Å²) in [4.78, 5) is 22.8. The summed E-state index contributed by atoms with van der Waals surface area (Å²) in [5.41, 5.74) is 1.28. The zero-order valence-corrected chi connectivity index (χ0v) is 10.9. The molecule has 0 aromatic heterocycles. The summed E-state index contributed by atoms with van der Waals surface area (Å²) in [5, 5.41) is 5.21. The Labute approximate surface area is 112 Å². The fourth-order valence-corrected chi connectivity index (χ4v) is 1.39. The summed E-state index contributed by atoms with van der Waals surface area (Å²) in [6, 6.07) is 6.53. The van der Waals surface area contributed by atoms with Gasteiger partial charge in [-0.15, -0.1) is 6.42 Å². The van der Waals surface area contributed by atoms with Crippen LogP contribution in [0.1, 0.15) is 12.5 Å². The highest BCUT2D eigenvalue weighted by atomic mass is 16.5. The highest BCUT2D eigenvalue weighted by molar-refractivity contribution is 5.89. The molecule has 2 amide bonds. The van der Waals surface area contributed by atoms with E-state index in [9.17, 15) is 9.59 Å². The average Bonchev–Trinajstić information content (AvgIpc) is 2.44. The number of terminal acetylenes is 1. The van der Waals surface area contributed by atoms with Crippen LogP contribution >= 0.6 is 0 Å². The van der Waals surface area contributed by atoms with Gasteiger partial charge in [-0.2, -0.15) is 0 Å². The van der Waals surface area contributed by atoms with E-state index < -0.39 is 11.9 Å². The number of nitrogens with one attached hydrogen (secondary N) is 2. The summed E-state index contributed by atoms with van der Waals surface area (Å²) < 4.78 is 4.56. The van der Waals surface area contributed by atoms with E-state index in [1.165, 1.54) is 7.11 Å². The maximum Gasteiger partial charge on any atom is 0.319 e. The van der Waals surface area contributed by atoms with Gasteiger partial charge in [0.25, 0.3) is 0 Å². The molecule has 1 unspecified atom stereocenters. The fraction of sp³-hybridized carbons (Fsp3) is 0.286. The summed E-state index contributed by atoms with van der Waals surface area (Å²) in [7, 11) is 1.31. The van der Waals surface area contributed by atoms with E-state index in [1.54, 1.807) is 31.2 Å². The molecule has 0 saturated heterocycles. The molecule has 0 bridgehead atoms. The smallest absolute Gasteiger partial charge is 0.319 e. The zero-order valence-electron chi connectivity index (χ0n) is 10.9. The number of hydrogen-bond acceptors (Lipinski definition) is 3. The molecule has 0 spiro atoms. The lowest BCUT2D eigenvalue weighted by Gasteiger charge is -2.11. The monoisotopic (exact) mass is 260 g/mol. The normalized spacial score (nSPS) is 11.0. The highest BCUT2D eigenvalue weighted by Crippen LogP contribution is 2.09. The van der Waals surface area contributed by atoms with Crippen LogP contribution in [-0.2, 0) is 9.53 Å². The minimum absolute atomic E-state index is 0.202. The van der Waals surface area contributed by atoms with Crippen molar-refractivity contribution in [2.45, 2.75) is 6.92 Å². The molecule has 100 valence electrons. The molecule has 1 aromatic carbocycles. The second-order valence-corrected chi connectivity index (χ2v) is 3.98. The maximum atomic E-state index is 11.6. The van der Waals surface area contributed by atoms with Gasteiger partial charge in [-0.1, -0.05) is 18.9 Å². The number of anilines is 1. The Morgan fingerprint density at radius 2 is 2.21 bits per heavy atom. The molecule has 0 saturated carbocycles. The average molecular weight is 260 g/mol. The van der Waals surface area contributed by atoms with Gasteiger partial charge in [-0.3, -0.25) is 4.79 Å². The number of amides is 2. The second kappa shape index (κ2) is 7.07. The van der Waals surface area contributed by atoms with E-state index in [-0.39, 0.29) is 12.5 Å². The van der Waals surface area contributed by atoms with Gasteiger partial charge in [-0.05, 0) is 18.2 Å². The number of benzene rings is 1. The number of esters is 1. The molecule has 0 fully saturated rings. The van der Waals surface area contributed by atoms with Crippen LogP contribution in [0, 0.1) is 18.3 Å². The number of carbonyl (C=O) groups excluding carboxylic acids is 2. The molecule has 19 heavy (non-hydrogen) atoms. The van der Waals surface area contributed by atoms with Crippen LogP contribution in [0.15, 0.2) is 24.3 Å². The van der Waals surface area contributed by atoms with Crippen molar-refractivity contribution < 1.29 is 14.3 Å². The minimum Gasteiger partial charge on any atom is -0.469 e. The topological polar surface area (TPSA) is 67.4 Å². The van der Waals surface area contributed by atoms with Crippen molar-refractivity contribution >= 4 is 17.7 Å². The fourth-order valence-electron chi connectivity index (χ4n) is 1.39. The van der Waals surface area contributed by atoms with E-state index in [0.29, 0.717) is 11.3 Å². The third-order valence-corrected chi connectivity index (χ3v) is 2.46. The molecule has 0 radical (unpaired) electrons. The molecular weight excluding hydrogens is 244 g/mol. The first-order chi connectivity index (χ1) is 9.06. The summed E-state index contributed by atoms with van der Waals surface area (Å²) in [5.74, 6) is 1.72. The van der Waals surface area contributed by atoms with Gasteiger partial charge in [0, 0.05) is 17.8 Å². The quantitative estimate of drug-likeness (QED) is 0.638. The van der Waals surface area contributed by atoms with Gasteiger partial charge in [0.2, 0.25) is 0 Å². The summed E-state index contributed by atoms with van der Waals surface area (Å²) in [6.45, 7) is 1.87. The molecule has 1 rings (SSSR count). The second-order valence-electron chi connectivity index (χ2n) is 3.98. The SMILES string of the molecule is C#Cc1cccc(NC(=O)NCC(C)C(=O)OC)c1. The van der Waals surface area contributed by atoms with Crippen LogP contribution in [0.5, 0.6) is 0 Å². The Hall–Kier alpha value is -2.48. The van der Waals surface area contributed by atoms with Gasteiger partial charge in [0.15, 0.2) is 0 Å². The third kappa shape index (κ3) is 4.72.